The average molecular weight is 342 g/mol. The molecule has 6 nitrogen and oxygen atoms in total. The van der Waals surface area contributed by atoms with Gasteiger partial charge in [-0.15, -0.1) is 11.3 Å². The Hall–Kier alpha value is -2.41. The molecule has 2 aromatic rings. The van der Waals surface area contributed by atoms with E-state index in [1.807, 2.05) is 24.3 Å². The Labute approximate surface area is 143 Å². The van der Waals surface area contributed by atoms with Gasteiger partial charge in [0.1, 0.15) is 5.69 Å². The second-order valence-corrected chi connectivity index (χ2v) is 7.06. The third kappa shape index (κ3) is 2.19. The molecule has 3 heterocycles. The summed E-state index contributed by atoms with van der Waals surface area (Å²) in [6.45, 7) is 1.06. The molecule has 2 aliphatic rings. The van der Waals surface area contributed by atoms with Gasteiger partial charge in [-0.3, -0.25) is 9.59 Å². The number of hydrogen-bond donors (Lipinski definition) is 2. The summed E-state index contributed by atoms with van der Waals surface area (Å²) in [5, 5.41) is 8.40. The van der Waals surface area contributed by atoms with E-state index in [4.69, 9.17) is 0 Å². The van der Waals surface area contributed by atoms with Gasteiger partial charge in [0.25, 0.3) is 5.91 Å². The number of rotatable bonds is 2. The molecule has 1 spiro atoms. The number of thiazole rings is 1. The molecule has 4 rings (SSSR count). The van der Waals surface area contributed by atoms with Crippen LogP contribution in [0.4, 0.5) is 10.8 Å². The molecule has 2 N–H and O–H groups in total. The molecule has 2 amide bonds. The summed E-state index contributed by atoms with van der Waals surface area (Å²) in [4.78, 5) is 31.6. The van der Waals surface area contributed by atoms with E-state index in [9.17, 15) is 9.59 Å². The van der Waals surface area contributed by atoms with Crippen molar-refractivity contribution in [2.24, 2.45) is 0 Å². The Balaban J connectivity index is 1.64. The fourth-order valence-electron chi connectivity index (χ4n) is 3.66. The lowest BCUT2D eigenvalue weighted by Gasteiger charge is -2.38. The molecule has 1 fully saturated rings. The van der Waals surface area contributed by atoms with Crippen LogP contribution in [0, 0.1) is 0 Å². The van der Waals surface area contributed by atoms with Crippen LogP contribution in [0.3, 0.4) is 0 Å². The molecule has 7 heteroatoms. The predicted octanol–water partition coefficient (Wildman–Crippen LogP) is 2.31. The minimum atomic E-state index is -0.633. The number of carbonyl (C=O) groups is 2. The van der Waals surface area contributed by atoms with Gasteiger partial charge < -0.3 is 15.5 Å². The summed E-state index contributed by atoms with van der Waals surface area (Å²) >= 11 is 1.41. The molecule has 1 aromatic carbocycles. The second kappa shape index (κ2) is 5.59. The van der Waals surface area contributed by atoms with E-state index in [-0.39, 0.29) is 11.8 Å². The number of piperidine rings is 1. The van der Waals surface area contributed by atoms with Gasteiger partial charge in [-0.25, -0.2) is 4.98 Å². The van der Waals surface area contributed by atoms with E-state index in [1.54, 1.807) is 17.3 Å². The third-order valence-corrected chi connectivity index (χ3v) is 5.70. The average Bonchev–Trinajstić information content (AvgIpc) is 3.19. The number of nitrogens with zero attached hydrogens (tertiary/aromatic N) is 2. The third-order valence-electron chi connectivity index (χ3n) is 4.84. The zero-order valence-corrected chi connectivity index (χ0v) is 14.2. The minimum Gasteiger partial charge on any atom is -0.365 e. The molecule has 0 radical (unpaired) electrons. The number of hydrogen-bond acceptors (Lipinski definition) is 5. The van der Waals surface area contributed by atoms with Crippen molar-refractivity contribution < 1.29 is 9.59 Å². The van der Waals surface area contributed by atoms with Gasteiger partial charge >= 0.3 is 0 Å². The molecule has 1 unspecified atom stereocenters. The van der Waals surface area contributed by atoms with Gasteiger partial charge in [-0.05, 0) is 24.5 Å². The Morgan fingerprint density at radius 2 is 2.25 bits per heavy atom. The number of benzene rings is 1. The summed E-state index contributed by atoms with van der Waals surface area (Å²) in [6.07, 6.45) is 1.56. The SMILES string of the molecule is CNc1nc(C(=O)N2CCCC3(C2)C(=O)Nc2ccccc23)cs1. The Morgan fingerprint density at radius 3 is 3.04 bits per heavy atom. The maximum atomic E-state index is 12.8. The van der Waals surface area contributed by atoms with Crippen LogP contribution in [0.25, 0.3) is 0 Å². The molecule has 1 aromatic heterocycles. The zero-order chi connectivity index (χ0) is 16.7. The molecular weight excluding hydrogens is 324 g/mol. The van der Waals surface area contributed by atoms with Gasteiger partial charge in [-0.1, -0.05) is 18.2 Å². The quantitative estimate of drug-likeness (QED) is 0.878. The molecule has 1 saturated heterocycles. The van der Waals surface area contributed by atoms with E-state index in [0.29, 0.717) is 23.9 Å². The zero-order valence-electron chi connectivity index (χ0n) is 13.3. The number of fused-ring (bicyclic) bond motifs is 2. The molecule has 0 saturated carbocycles. The number of para-hydroxylation sites is 1. The van der Waals surface area contributed by atoms with E-state index in [1.165, 1.54) is 11.3 Å². The predicted molar refractivity (Wildman–Crippen MR) is 93.5 cm³/mol. The van der Waals surface area contributed by atoms with Crippen molar-refractivity contribution in [3.63, 3.8) is 0 Å². The standard InChI is InChI=1S/C17H18N4O2S/c1-18-16-20-13(9-24-16)14(22)21-8-4-7-17(10-21)11-5-2-3-6-12(11)19-15(17)23/h2-3,5-6,9H,4,7-8,10H2,1H3,(H,18,20)(H,19,23). The highest BCUT2D eigenvalue weighted by atomic mass is 32.1. The first kappa shape index (κ1) is 15.1. The fourth-order valence-corrected chi connectivity index (χ4v) is 4.30. The van der Waals surface area contributed by atoms with E-state index in [2.05, 4.69) is 15.6 Å². The fraction of sp³-hybridized carbons (Fsp3) is 0.353. The van der Waals surface area contributed by atoms with Crippen LogP contribution >= 0.6 is 11.3 Å². The lowest BCUT2D eigenvalue weighted by Crippen LogP contribution is -2.51. The van der Waals surface area contributed by atoms with Gasteiger partial charge in [0.2, 0.25) is 5.91 Å². The van der Waals surface area contributed by atoms with Crippen LogP contribution in [0.5, 0.6) is 0 Å². The largest absolute Gasteiger partial charge is 0.365 e. The first-order valence-electron chi connectivity index (χ1n) is 7.97. The summed E-state index contributed by atoms with van der Waals surface area (Å²) in [6, 6.07) is 7.77. The highest BCUT2D eigenvalue weighted by Crippen LogP contribution is 2.43. The van der Waals surface area contributed by atoms with Gasteiger partial charge in [-0.2, -0.15) is 0 Å². The highest BCUT2D eigenvalue weighted by molar-refractivity contribution is 7.13. The number of likely N-dealkylation sites (tertiary alicyclic amines) is 1. The topological polar surface area (TPSA) is 74.3 Å². The summed E-state index contributed by atoms with van der Waals surface area (Å²) in [5.41, 5.74) is 1.67. The normalized spacial score (nSPS) is 22.4. The monoisotopic (exact) mass is 342 g/mol. The van der Waals surface area contributed by atoms with Crippen molar-refractivity contribution in [1.82, 2.24) is 9.88 Å². The van der Waals surface area contributed by atoms with Gasteiger partial charge in [0.15, 0.2) is 5.13 Å². The number of anilines is 2. The van der Waals surface area contributed by atoms with Crippen LogP contribution in [0.1, 0.15) is 28.9 Å². The Morgan fingerprint density at radius 1 is 1.42 bits per heavy atom. The van der Waals surface area contributed by atoms with Crippen molar-refractivity contribution in [2.75, 3.05) is 30.8 Å². The lowest BCUT2D eigenvalue weighted by atomic mass is 9.75. The van der Waals surface area contributed by atoms with Crippen molar-refractivity contribution >= 4 is 34.0 Å². The Bertz CT molecular complexity index is 818. The van der Waals surface area contributed by atoms with Crippen LogP contribution in [0.2, 0.25) is 0 Å². The number of aromatic nitrogens is 1. The van der Waals surface area contributed by atoms with E-state index in [0.717, 1.165) is 24.1 Å². The maximum Gasteiger partial charge on any atom is 0.273 e. The van der Waals surface area contributed by atoms with Crippen molar-refractivity contribution in [1.29, 1.82) is 0 Å². The first-order chi connectivity index (χ1) is 11.6. The minimum absolute atomic E-state index is 0.00427. The van der Waals surface area contributed by atoms with E-state index < -0.39 is 5.41 Å². The van der Waals surface area contributed by atoms with Crippen molar-refractivity contribution in [2.45, 2.75) is 18.3 Å². The smallest absolute Gasteiger partial charge is 0.273 e. The summed E-state index contributed by atoms with van der Waals surface area (Å²) in [5.74, 6) is -0.112. The lowest BCUT2D eigenvalue weighted by molar-refractivity contribution is -0.122. The number of amides is 2. The second-order valence-electron chi connectivity index (χ2n) is 6.20. The number of nitrogens with one attached hydrogen (secondary N) is 2. The number of carbonyl (C=O) groups excluding carboxylic acids is 2. The Kier molecular flexibility index (Phi) is 3.53. The van der Waals surface area contributed by atoms with Crippen molar-refractivity contribution in [3.05, 3.63) is 40.9 Å². The van der Waals surface area contributed by atoms with Crippen LogP contribution in [0.15, 0.2) is 29.6 Å². The molecule has 2 aliphatic heterocycles. The van der Waals surface area contributed by atoms with Gasteiger partial charge in [0.05, 0.1) is 5.41 Å². The first-order valence-corrected chi connectivity index (χ1v) is 8.85. The van der Waals surface area contributed by atoms with Crippen LogP contribution in [-0.2, 0) is 10.2 Å². The van der Waals surface area contributed by atoms with Crippen LogP contribution < -0.4 is 10.6 Å². The van der Waals surface area contributed by atoms with Crippen molar-refractivity contribution in [3.8, 4) is 0 Å². The molecule has 0 aliphatic carbocycles. The molecular formula is C17H18N4O2S. The summed E-state index contributed by atoms with van der Waals surface area (Å²) < 4.78 is 0. The van der Waals surface area contributed by atoms with E-state index >= 15 is 0 Å². The molecule has 24 heavy (non-hydrogen) atoms. The highest BCUT2D eigenvalue weighted by Gasteiger charge is 2.50. The summed E-state index contributed by atoms with van der Waals surface area (Å²) in [7, 11) is 1.78. The van der Waals surface area contributed by atoms with Crippen LogP contribution in [-0.4, -0.2) is 41.8 Å². The molecule has 0 bridgehead atoms. The molecule has 124 valence electrons. The maximum absolute atomic E-state index is 12.8. The molecule has 1 atom stereocenters. The van der Waals surface area contributed by atoms with Gasteiger partial charge in [0, 0.05) is 31.2 Å².